The van der Waals surface area contributed by atoms with Crippen LogP contribution in [0.2, 0.25) is 0 Å². The van der Waals surface area contributed by atoms with Gasteiger partial charge in [-0.2, -0.15) is 0 Å². The van der Waals surface area contributed by atoms with E-state index in [4.69, 9.17) is 9.47 Å². The molecule has 1 unspecified atom stereocenters. The number of nitrogens with one attached hydrogen (secondary N) is 2. The second-order valence-corrected chi connectivity index (χ2v) is 13.5. The number of hydrogen-bond donors (Lipinski definition) is 2. The zero-order valence-corrected chi connectivity index (χ0v) is 28.9. The summed E-state index contributed by atoms with van der Waals surface area (Å²) in [6.07, 6.45) is 0. The smallest absolute Gasteiger partial charge is 0.329 e. The number of nitrogens with zero attached hydrogens (tertiary/aromatic N) is 4. The average molecular weight is 731 g/mol. The van der Waals surface area contributed by atoms with Crippen molar-refractivity contribution in [2.75, 3.05) is 33.3 Å². The summed E-state index contributed by atoms with van der Waals surface area (Å²) < 4.78 is 10.0. The minimum absolute atomic E-state index is 0.0800. The van der Waals surface area contributed by atoms with Crippen molar-refractivity contribution in [3.8, 4) is 0 Å². The van der Waals surface area contributed by atoms with Crippen molar-refractivity contribution >= 4 is 53.1 Å². The van der Waals surface area contributed by atoms with Crippen LogP contribution in [-0.4, -0.2) is 99.6 Å². The monoisotopic (exact) mass is 730 g/mol. The predicted molar refractivity (Wildman–Crippen MR) is 184 cm³/mol. The van der Waals surface area contributed by atoms with Gasteiger partial charge in [-0.05, 0) is 35.7 Å². The Kier molecular flexibility index (Phi) is 9.99. The fourth-order valence-corrected chi connectivity index (χ4v) is 8.09. The summed E-state index contributed by atoms with van der Waals surface area (Å²) in [4.78, 5) is 94.6. The molecule has 3 saturated heterocycles. The molecule has 6 rings (SSSR count). The number of carbonyl (C=O) groups excluding carboxylic acids is 6. The van der Waals surface area contributed by atoms with Gasteiger partial charge in [0.2, 0.25) is 5.91 Å². The summed E-state index contributed by atoms with van der Waals surface area (Å²) in [5.74, 6) is -4.04. The van der Waals surface area contributed by atoms with E-state index in [0.717, 1.165) is 16.7 Å². The molecule has 17 heteroatoms. The average Bonchev–Trinajstić information content (AvgIpc) is 3.55. The van der Waals surface area contributed by atoms with Crippen LogP contribution in [0.4, 0.5) is 10.5 Å². The van der Waals surface area contributed by atoms with Gasteiger partial charge in [-0.15, -0.1) is 11.8 Å². The van der Waals surface area contributed by atoms with Gasteiger partial charge in [-0.25, -0.2) is 4.79 Å². The molecule has 3 heterocycles. The van der Waals surface area contributed by atoms with Gasteiger partial charge in [0.15, 0.2) is 4.75 Å². The van der Waals surface area contributed by atoms with E-state index in [0.29, 0.717) is 23.2 Å². The number of rotatable bonds is 11. The van der Waals surface area contributed by atoms with Crippen LogP contribution in [0, 0.1) is 10.1 Å². The number of imide groups is 1. The normalized spacial score (nSPS) is 23.0. The lowest BCUT2D eigenvalue weighted by Gasteiger charge is -2.50. The predicted octanol–water partition coefficient (Wildman–Crippen LogP) is 2.05. The molecule has 16 nitrogen and oxygen atoms in total. The van der Waals surface area contributed by atoms with E-state index in [-0.39, 0.29) is 31.9 Å². The van der Waals surface area contributed by atoms with Crippen molar-refractivity contribution < 1.29 is 43.2 Å². The Hall–Kier alpha value is -5.81. The topological polar surface area (TPSA) is 198 Å². The summed E-state index contributed by atoms with van der Waals surface area (Å²) in [5.41, 5.74) is -0.718. The molecule has 0 radical (unpaired) electrons. The highest BCUT2D eigenvalue weighted by Crippen LogP contribution is 2.56. The Bertz CT molecular complexity index is 1920. The molecule has 6 amide bonds. The molecule has 270 valence electrons. The van der Waals surface area contributed by atoms with Crippen LogP contribution in [0.3, 0.4) is 0 Å². The van der Waals surface area contributed by atoms with Crippen LogP contribution in [0.15, 0.2) is 84.9 Å². The number of esters is 1. The number of β-lactam (4-membered cyclic amide) rings is 1. The maximum atomic E-state index is 14.1. The second kappa shape index (κ2) is 14.4. The first-order valence-corrected chi connectivity index (χ1v) is 17.1. The maximum absolute atomic E-state index is 14.1. The van der Waals surface area contributed by atoms with Crippen LogP contribution in [-0.2, 0) is 44.8 Å². The van der Waals surface area contributed by atoms with Gasteiger partial charge in [-0.1, -0.05) is 60.7 Å². The van der Waals surface area contributed by atoms with Crippen LogP contribution >= 0.6 is 11.8 Å². The first kappa shape index (κ1) is 36.0. The first-order valence-electron chi connectivity index (χ1n) is 16.2. The van der Waals surface area contributed by atoms with E-state index in [9.17, 15) is 38.9 Å². The van der Waals surface area contributed by atoms with E-state index in [1.807, 2.05) is 0 Å². The Labute approximate surface area is 301 Å². The third-order valence-electron chi connectivity index (χ3n) is 9.23. The standard InChI is InChI=1S/C35H34N6O10S/c1-3-38-18-19-39(29(44)28(38)43)33(47)36-26(23-10-6-4-7-11-23)27(42)37-35(50-2)30(45)40-21-34(52-31(35)40,24-12-8-5-9-13-24)32(46)51-20-22-14-16-25(17-15-22)41(48)49/h4-17,26,31H,3,18-21H2,1-2H3,(H,36,47)(H,37,42)/t26-,31-,34+,35?/m1/s1. The second-order valence-electron chi connectivity index (χ2n) is 12.2. The highest BCUT2D eigenvalue weighted by atomic mass is 32.2. The number of ether oxygens (including phenoxy) is 2. The van der Waals surface area contributed by atoms with E-state index in [1.165, 1.54) is 41.2 Å². The van der Waals surface area contributed by atoms with Crippen molar-refractivity contribution in [2.45, 2.75) is 35.4 Å². The Balaban J connectivity index is 1.24. The third kappa shape index (κ3) is 6.32. The zero-order chi connectivity index (χ0) is 37.2. The Morgan fingerprint density at radius 2 is 1.62 bits per heavy atom. The number of thioether (sulfide) groups is 1. The van der Waals surface area contributed by atoms with Gasteiger partial charge in [-0.3, -0.25) is 39.0 Å². The minimum atomic E-state index is -1.97. The number of nitro benzene ring substituents is 1. The Morgan fingerprint density at radius 3 is 2.23 bits per heavy atom. The quantitative estimate of drug-likeness (QED) is 0.0732. The number of carbonyl (C=O) groups is 6. The molecule has 0 spiro atoms. The summed E-state index contributed by atoms with van der Waals surface area (Å²) >= 11 is 1.05. The maximum Gasteiger partial charge on any atom is 0.329 e. The molecular formula is C35H34N6O10S. The van der Waals surface area contributed by atoms with Crippen LogP contribution < -0.4 is 10.6 Å². The number of methoxy groups -OCH3 is 1. The molecular weight excluding hydrogens is 696 g/mol. The van der Waals surface area contributed by atoms with E-state index >= 15 is 0 Å². The summed E-state index contributed by atoms with van der Waals surface area (Å²) in [5, 5.41) is 15.3. The van der Waals surface area contributed by atoms with Crippen molar-refractivity contribution in [3.05, 3.63) is 112 Å². The minimum Gasteiger partial charge on any atom is -0.459 e. The third-order valence-corrected chi connectivity index (χ3v) is 11.0. The van der Waals surface area contributed by atoms with Gasteiger partial charge in [0.25, 0.3) is 17.3 Å². The van der Waals surface area contributed by atoms with Crippen molar-refractivity contribution in [3.63, 3.8) is 0 Å². The highest BCUT2D eigenvalue weighted by Gasteiger charge is 2.72. The lowest BCUT2D eigenvalue weighted by Crippen LogP contribution is -2.79. The number of amides is 6. The van der Waals surface area contributed by atoms with Crippen LogP contribution in [0.1, 0.15) is 29.7 Å². The number of hydrogen-bond acceptors (Lipinski definition) is 11. The number of likely N-dealkylation sites (N-methyl/N-ethyl adjacent to an activating group) is 1. The summed E-state index contributed by atoms with van der Waals surface area (Å²) in [6.45, 7) is 1.74. The number of piperazine rings is 1. The van der Waals surface area contributed by atoms with E-state index < -0.39 is 62.4 Å². The molecule has 4 atom stereocenters. The zero-order valence-electron chi connectivity index (χ0n) is 28.1. The highest BCUT2D eigenvalue weighted by molar-refractivity contribution is 8.02. The van der Waals surface area contributed by atoms with Crippen molar-refractivity contribution in [1.82, 2.24) is 25.3 Å². The summed E-state index contributed by atoms with van der Waals surface area (Å²) in [6, 6.07) is 20.0. The molecule has 3 aliphatic heterocycles. The lowest BCUT2D eigenvalue weighted by atomic mass is 9.93. The molecule has 3 aromatic carbocycles. The van der Waals surface area contributed by atoms with Crippen molar-refractivity contribution in [1.29, 1.82) is 0 Å². The molecule has 0 bridgehead atoms. The SMILES string of the molecule is CCN1CCN(C(=O)N[C@@H](C(=O)NC2(OC)C(=O)N3C[C@@](C(=O)OCc4ccc([N+](=O)[O-])cc4)(c4ccccc4)S[C@@H]32)c2ccccc2)C(=O)C1=O. The number of fused-ring (bicyclic) bond motifs is 1. The fourth-order valence-electron chi connectivity index (χ4n) is 6.35. The molecule has 2 N–H and O–H groups in total. The van der Waals surface area contributed by atoms with Crippen molar-refractivity contribution in [2.24, 2.45) is 0 Å². The molecule has 52 heavy (non-hydrogen) atoms. The van der Waals surface area contributed by atoms with Gasteiger partial charge in [0.1, 0.15) is 18.0 Å². The van der Waals surface area contributed by atoms with Crippen LogP contribution in [0.5, 0.6) is 0 Å². The Morgan fingerprint density at radius 1 is 0.962 bits per heavy atom. The number of non-ortho nitro benzene ring substituents is 1. The summed E-state index contributed by atoms with van der Waals surface area (Å²) in [7, 11) is 1.24. The fraction of sp³-hybridized carbons (Fsp3) is 0.314. The number of nitro groups is 1. The van der Waals surface area contributed by atoms with Crippen LogP contribution in [0.25, 0.3) is 0 Å². The molecule has 0 saturated carbocycles. The lowest BCUT2D eigenvalue weighted by molar-refractivity contribution is -0.384. The van der Waals surface area contributed by atoms with E-state index in [1.54, 1.807) is 67.6 Å². The van der Waals surface area contributed by atoms with Gasteiger partial charge < -0.3 is 29.9 Å². The molecule has 0 aromatic heterocycles. The molecule has 3 aromatic rings. The molecule has 3 fully saturated rings. The molecule has 0 aliphatic carbocycles. The van der Waals surface area contributed by atoms with Gasteiger partial charge in [0.05, 0.1) is 11.5 Å². The van der Waals surface area contributed by atoms with Gasteiger partial charge in [0, 0.05) is 38.9 Å². The number of benzene rings is 3. The largest absolute Gasteiger partial charge is 0.459 e. The van der Waals surface area contributed by atoms with E-state index in [2.05, 4.69) is 10.6 Å². The number of urea groups is 1. The first-order chi connectivity index (χ1) is 25.0. The molecule has 3 aliphatic rings. The van der Waals surface area contributed by atoms with Gasteiger partial charge >= 0.3 is 23.8 Å².